The second-order valence-corrected chi connectivity index (χ2v) is 9.57. The number of hydrogen-bond acceptors (Lipinski definition) is 5. The fraction of sp³-hybridized carbons (Fsp3) is 0.229. The highest BCUT2D eigenvalue weighted by molar-refractivity contribution is 5.72. The molecule has 0 spiro atoms. The monoisotopic (exact) mass is 552 g/mol. The lowest BCUT2D eigenvalue weighted by atomic mass is 10.1. The van der Waals surface area contributed by atoms with Crippen LogP contribution in [0.5, 0.6) is 17.2 Å². The standard InChI is InChI=1S/C35H36O6/c1-3-38-34(35(36)37)20-27-14-16-31(17-15-27)39-19-18-26(2)30-21-32(40-24-28-10-6-4-7-11-28)23-33(22-30)41-25-29-12-8-5-9-13-29/h4-18,21-23,34H,3,19-20,24-25H2,1-2H3,(H,36,37)/t34-/m0/s1. The number of allylic oxidation sites excluding steroid dienone is 1. The molecule has 0 saturated heterocycles. The van der Waals surface area contributed by atoms with Gasteiger partial charge in [0.15, 0.2) is 6.10 Å². The van der Waals surface area contributed by atoms with E-state index in [1.165, 1.54) is 0 Å². The minimum atomic E-state index is -0.962. The summed E-state index contributed by atoms with van der Waals surface area (Å²) in [5.74, 6) is 1.19. The van der Waals surface area contributed by atoms with Gasteiger partial charge in [-0.25, -0.2) is 4.79 Å². The first-order valence-corrected chi connectivity index (χ1v) is 13.7. The number of hydrogen-bond donors (Lipinski definition) is 1. The number of carboxylic acids is 1. The number of carbonyl (C=O) groups is 1. The summed E-state index contributed by atoms with van der Waals surface area (Å²) in [6.45, 7) is 5.46. The van der Waals surface area contributed by atoms with Crippen LogP contribution in [0.3, 0.4) is 0 Å². The molecule has 6 nitrogen and oxygen atoms in total. The molecule has 0 aliphatic rings. The number of ether oxygens (including phenoxy) is 4. The summed E-state index contributed by atoms with van der Waals surface area (Å²) in [5.41, 5.74) is 5.06. The van der Waals surface area contributed by atoms with Crippen molar-refractivity contribution in [3.05, 3.63) is 131 Å². The Bertz CT molecular complexity index is 1340. The highest BCUT2D eigenvalue weighted by atomic mass is 16.5. The van der Waals surface area contributed by atoms with Gasteiger partial charge in [-0.05, 0) is 72.0 Å². The molecule has 0 aromatic heterocycles. The molecule has 0 radical (unpaired) electrons. The lowest BCUT2D eigenvalue weighted by molar-refractivity contribution is -0.149. The van der Waals surface area contributed by atoms with Crippen LogP contribution in [0.25, 0.3) is 5.57 Å². The molecule has 0 aliphatic carbocycles. The minimum Gasteiger partial charge on any atom is -0.490 e. The van der Waals surface area contributed by atoms with Crippen molar-refractivity contribution in [1.29, 1.82) is 0 Å². The van der Waals surface area contributed by atoms with Crippen molar-refractivity contribution in [1.82, 2.24) is 0 Å². The predicted octanol–water partition coefficient (Wildman–Crippen LogP) is 7.36. The van der Waals surface area contributed by atoms with E-state index in [-0.39, 0.29) is 0 Å². The molecule has 1 atom stereocenters. The van der Waals surface area contributed by atoms with Gasteiger partial charge in [0.25, 0.3) is 0 Å². The van der Waals surface area contributed by atoms with Crippen molar-refractivity contribution in [2.45, 2.75) is 39.6 Å². The molecule has 0 saturated carbocycles. The topological polar surface area (TPSA) is 74.2 Å². The van der Waals surface area contributed by atoms with E-state index in [0.717, 1.165) is 39.3 Å². The Hall–Kier alpha value is -4.55. The average molecular weight is 553 g/mol. The molecule has 6 heteroatoms. The van der Waals surface area contributed by atoms with E-state index in [1.54, 1.807) is 6.92 Å². The molecule has 41 heavy (non-hydrogen) atoms. The number of rotatable bonds is 15. The van der Waals surface area contributed by atoms with Gasteiger partial charge in [0, 0.05) is 19.1 Å². The largest absolute Gasteiger partial charge is 0.490 e. The summed E-state index contributed by atoms with van der Waals surface area (Å²) in [6, 6.07) is 33.5. The highest BCUT2D eigenvalue weighted by Gasteiger charge is 2.17. The molecule has 0 bridgehead atoms. The molecule has 4 aromatic rings. The summed E-state index contributed by atoms with van der Waals surface area (Å²) in [4.78, 5) is 11.4. The van der Waals surface area contributed by atoms with Crippen LogP contribution in [-0.4, -0.2) is 30.4 Å². The third-order valence-electron chi connectivity index (χ3n) is 6.46. The van der Waals surface area contributed by atoms with Crippen molar-refractivity contribution in [3.8, 4) is 17.2 Å². The van der Waals surface area contributed by atoms with Gasteiger partial charge in [-0.15, -0.1) is 0 Å². The van der Waals surface area contributed by atoms with E-state index in [4.69, 9.17) is 18.9 Å². The lowest BCUT2D eigenvalue weighted by Gasteiger charge is -2.14. The van der Waals surface area contributed by atoms with E-state index < -0.39 is 12.1 Å². The SMILES string of the molecule is CCO[C@@H](Cc1ccc(OCC=C(C)c2cc(OCc3ccccc3)cc(OCc3ccccc3)c2)cc1)C(=O)O. The third-order valence-corrected chi connectivity index (χ3v) is 6.46. The summed E-state index contributed by atoms with van der Waals surface area (Å²) in [6.07, 6.45) is 1.46. The van der Waals surface area contributed by atoms with Gasteiger partial charge in [-0.3, -0.25) is 0 Å². The smallest absolute Gasteiger partial charge is 0.333 e. The molecule has 0 heterocycles. The Morgan fingerprint density at radius 2 is 1.29 bits per heavy atom. The van der Waals surface area contributed by atoms with E-state index >= 15 is 0 Å². The van der Waals surface area contributed by atoms with Gasteiger partial charge in [0.05, 0.1) is 0 Å². The number of benzene rings is 4. The van der Waals surface area contributed by atoms with Gasteiger partial charge < -0.3 is 24.1 Å². The summed E-state index contributed by atoms with van der Waals surface area (Å²) >= 11 is 0. The first-order valence-electron chi connectivity index (χ1n) is 13.7. The zero-order valence-corrected chi connectivity index (χ0v) is 23.5. The van der Waals surface area contributed by atoms with Crippen molar-refractivity contribution in [2.24, 2.45) is 0 Å². The van der Waals surface area contributed by atoms with Crippen LogP contribution in [0.4, 0.5) is 0 Å². The average Bonchev–Trinajstić information content (AvgIpc) is 3.00. The Morgan fingerprint density at radius 3 is 1.80 bits per heavy atom. The third kappa shape index (κ3) is 9.55. The molecule has 0 unspecified atom stereocenters. The second-order valence-electron chi connectivity index (χ2n) is 9.57. The van der Waals surface area contributed by atoms with Crippen LogP contribution >= 0.6 is 0 Å². The van der Waals surface area contributed by atoms with Gasteiger partial charge in [-0.2, -0.15) is 0 Å². The van der Waals surface area contributed by atoms with Crippen molar-refractivity contribution < 1.29 is 28.8 Å². The van der Waals surface area contributed by atoms with Gasteiger partial charge in [-0.1, -0.05) is 72.8 Å². The summed E-state index contributed by atoms with van der Waals surface area (Å²) in [5, 5.41) is 9.31. The lowest BCUT2D eigenvalue weighted by Crippen LogP contribution is -2.26. The number of aliphatic carboxylic acids is 1. The Kier molecular flexibility index (Phi) is 11.0. The molecular formula is C35H36O6. The van der Waals surface area contributed by atoms with Crippen LogP contribution in [0.15, 0.2) is 109 Å². The van der Waals surface area contributed by atoms with E-state index in [2.05, 4.69) is 0 Å². The zero-order valence-electron chi connectivity index (χ0n) is 23.5. The van der Waals surface area contributed by atoms with E-state index in [0.29, 0.717) is 38.6 Å². The van der Waals surface area contributed by atoms with Gasteiger partial charge in [0.1, 0.15) is 37.1 Å². The Labute approximate surface area is 241 Å². The molecule has 4 aromatic carbocycles. The first-order chi connectivity index (χ1) is 20.0. The molecule has 1 N–H and O–H groups in total. The maximum atomic E-state index is 11.4. The van der Waals surface area contributed by atoms with Crippen molar-refractivity contribution in [2.75, 3.05) is 13.2 Å². The predicted molar refractivity (Wildman–Crippen MR) is 160 cm³/mol. The van der Waals surface area contributed by atoms with Gasteiger partial charge in [0.2, 0.25) is 0 Å². The van der Waals surface area contributed by atoms with Crippen LogP contribution in [0.2, 0.25) is 0 Å². The van der Waals surface area contributed by atoms with Gasteiger partial charge >= 0.3 is 5.97 Å². The molecule has 0 aliphatic heterocycles. The van der Waals surface area contributed by atoms with Crippen LogP contribution < -0.4 is 14.2 Å². The quantitative estimate of drug-likeness (QED) is 0.166. The maximum Gasteiger partial charge on any atom is 0.333 e. The van der Waals surface area contributed by atoms with Crippen molar-refractivity contribution >= 4 is 11.5 Å². The summed E-state index contributed by atoms with van der Waals surface area (Å²) in [7, 11) is 0. The van der Waals surface area contributed by atoms with E-state index in [9.17, 15) is 9.90 Å². The Morgan fingerprint density at radius 1 is 0.732 bits per heavy atom. The molecule has 0 amide bonds. The van der Waals surface area contributed by atoms with Crippen LogP contribution in [-0.2, 0) is 29.2 Å². The Balaban J connectivity index is 1.41. The fourth-order valence-corrected chi connectivity index (χ4v) is 4.18. The second kappa shape index (κ2) is 15.3. The normalized spacial score (nSPS) is 12.0. The van der Waals surface area contributed by atoms with Crippen LogP contribution in [0.1, 0.15) is 36.1 Å². The molecular weight excluding hydrogens is 516 g/mol. The first kappa shape index (κ1) is 29.4. The molecule has 4 rings (SSSR count). The highest BCUT2D eigenvalue weighted by Crippen LogP contribution is 2.29. The number of carboxylic acid groups (broad SMARTS) is 1. The summed E-state index contributed by atoms with van der Waals surface area (Å²) < 4.78 is 23.5. The molecule has 0 fully saturated rings. The molecule has 212 valence electrons. The van der Waals surface area contributed by atoms with E-state index in [1.807, 2.05) is 116 Å². The van der Waals surface area contributed by atoms with Crippen molar-refractivity contribution in [3.63, 3.8) is 0 Å². The maximum absolute atomic E-state index is 11.4. The van der Waals surface area contributed by atoms with Crippen LogP contribution in [0, 0.1) is 0 Å². The fourth-order valence-electron chi connectivity index (χ4n) is 4.18. The zero-order chi connectivity index (χ0) is 28.9. The minimum absolute atomic E-state index is 0.305.